The maximum absolute atomic E-state index is 11.7. The predicted octanol–water partition coefficient (Wildman–Crippen LogP) is 3.33. The summed E-state index contributed by atoms with van der Waals surface area (Å²) in [5, 5.41) is 11.5. The number of aryl methyl sites for hydroxylation is 1. The number of nitrogens with two attached hydrogens (primary N) is 1. The molecule has 0 spiro atoms. The maximum atomic E-state index is 11.7. The lowest BCUT2D eigenvalue weighted by Crippen LogP contribution is -2.13. The van der Waals surface area contributed by atoms with Crippen LogP contribution in [0.25, 0.3) is 11.4 Å². The van der Waals surface area contributed by atoms with Gasteiger partial charge in [-0.25, -0.2) is 4.98 Å². The average molecular weight is 350 g/mol. The standard InChI is InChI=1S/C19H18N4OS/c1-13-15(19(21)24)11-17(16-12-25-18(22-16)7-9-20)23(13)10-8-14-5-3-2-4-6-14/h2-6,11-12H,7-8,10H2,1H3,(H2,21,24). The Morgan fingerprint density at radius 2 is 2.12 bits per heavy atom. The highest BCUT2D eigenvalue weighted by molar-refractivity contribution is 7.10. The third-order valence-corrected chi connectivity index (χ3v) is 4.99. The Balaban J connectivity index is 1.97. The second kappa shape index (κ2) is 7.32. The highest BCUT2D eigenvalue weighted by Crippen LogP contribution is 2.27. The first-order chi connectivity index (χ1) is 12.1. The lowest BCUT2D eigenvalue weighted by atomic mass is 10.1. The number of hydrogen-bond donors (Lipinski definition) is 1. The molecular formula is C19H18N4OS. The largest absolute Gasteiger partial charge is 0.366 e. The lowest BCUT2D eigenvalue weighted by Gasteiger charge is -2.11. The molecule has 3 aromatic rings. The molecule has 126 valence electrons. The summed E-state index contributed by atoms with van der Waals surface area (Å²) in [6, 6.07) is 14.1. The summed E-state index contributed by atoms with van der Waals surface area (Å²) in [6.07, 6.45) is 1.13. The van der Waals surface area contributed by atoms with E-state index in [1.165, 1.54) is 16.9 Å². The van der Waals surface area contributed by atoms with E-state index in [1.807, 2.05) is 30.5 Å². The van der Waals surface area contributed by atoms with E-state index in [4.69, 9.17) is 11.0 Å². The minimum atomic E-state index is -0.440. The number of nitriles is 1. The summed E-state index contributed by atoms with van der Waals surface area (Å²) >= 11 is 1.45. The Bertz CT molecular complexity index is 934. The number of primary amides is 1. The van der Waals surface area contributed by atoms with Crippen LogP contribution in [-0.2, 0) is 19.4 Å². The number of hydrogen-bond acceptors (Lipinski definition) is 4. The zero-order valence-corrected chi connectivity index (χ0v) is 14.7. The van der Waals surface area contributed by atoms with Crippen LogP contribution in [0.5, 0.6) is 0 Å². The molecule has 5 nitrogen and oxygen atoms in total. The van der Waals surface area contributed by atoms with Crippen molar-refractivity contribution >= 4 is 17.2 Å². The van der Waals surface area contributed by atoms with E-state index < -0.39 is 5.91 Å². The molecule has 0 aliphatic heterocycles. The smallest absolute Gasteiger partial charge is 0.250 e. The van der Waals surface area contributed by atoms with Crippen molar-refractivity contribution in [3.8, 4) is 17.5 Å². The minimum Gasteiger partial charge on any atom is -0.366 e. The summed E-state index contributed by atoms with van der Waals surface area (Å²) < 4.78 is 2.08. The Labute approximate surface area is 150 Å². The van der Waals surface area contributed by atoms with Crippen molar-refractivity contribution < 1.29 is 4.79 Å². The summed E-state index contributed by atoms with van der Waals surface area (Å²) in [5.74, 6) is -0.440. The molecule has 2 heterocycles. The molecule has 0 saturated carbocycles. The van der Waals surface area contributed by atoms with E-state index in [-0.39, 0.29) is 6.42 Å². The third-order valence-electron chi connectivity index (χ3n) is 4.14. The average Bonchev–Trinajstić information content (AvgIpc) is 3.19. The molecule has 0 saturated heterocycles. The fraction of sp³-hybridized carbons (Fsp3) is 0.211. The van der Waals surface area contributed by atoms with Crippen LogP contribution in [0.15, 0.2) is 41.8 Å². The fourth-order valence-corrected chi connectivity index (χ4v) is 3.58. The van der Waals surface area contributed by atoms with E-state index in [1.54, 1.807) is 6.07 Å². The summed E-state index contributed by atoms with van der Waals surface area (Å²) in [5.41, 5.74) is 9.74. The number of thiazole rings is 1. The maximum Gasteiger partial charge on any atom is 0.250 e. The van der Waals surface area contributed by atoms with Gasteiger partial charge in [0.2, 0.25) is 0 Å². The van der Waals surface area contributed by atoms with E-state index in [0.717, 1.165) is 35.1 Å². The third kappa shape index (κ3) is 3.62. The topological polar surface area (TPSA) is 84.7 Å². The molecule has 0 aliphatic rings. The second-order valence-electron chi connectivity index (χ2n) is 5.74. The van der Waals surface area contributed by atoms with E-state index in [2.05, 4.69) is 27.8 Å². The molecule has 0 bridgehead atoms. The monoisotopic (exact) mass is 350 g/mol. The van der Waals surface area contributed by atoms with Crippen LogP contribution in [-0.4, -0.2) is 15.5 Å². The number of rotatable bonds is 6. The Kier molecular flexibility index (Phi) is 4.96. The Hall–Kier alpha value is -2.91. The van der Waals surface area contributed by atoms with Crippen LogP contribution in [0.4, 0.5) is 0 Å². The molecule has 0 aliphatic carbocycles. The summed E-state index contributed by atoms with van der Waals surface area (Å²) in [6.45, 7) is 2.63. The highest BCUT2D eigenvalue weighted by Gasteiger charge is 2.18. The van der Waals surface area contributed by atoms with E-state index in [9.17, 15) is 4.79 Å². The lowest BCUT2D eigenvalue weighted by molar-refractivity contribution is 0.0999. The Morgan fingerprint density at radius 1 is 1.36 bits per heavy atom. The SMILES string of the molecule is Cc1c(C(N)=O)cc(-c2csc(CC#N)n2)n1CCc1ccccc1. The molecule has 0 unspecified atom stereocenters. The molecule has 1 aromatic carbocycles. The molecule has 2 N–H and O–H groups in total. The molecule has 0 fully saturated rings. The first-order valence-electron chi connectivity index (χ1n) is 7.95. The van der Waals surface area contributed by atoms with Gasteiger partial charge in [0.15, 0.2) is 0 Å². The van der Waals surface area contributed by atoms with Gasteiger partial charge in [0.1, 0.15) is 5.01 Å². The molecule has 3 rings (SSSR count). The van der Waals surface area contributed by atoms with Gasteiger partial charge in [0.25, 0.3) is 5.91 Å². The number of benzene rings is 1. The van der Waals surface area contributed by atoms with E-state index >= 15 is 0 Å². The summed E-state index contributed by atoms with van der Waals surface area (Å²) in [7, 11) is 0. The normalized spacial score (nSPS) is 10.6. The zero-order valence-electron chi connectivity index (χ0n) is 13.9. The number of amides is 1. The molecule has 25 heavy (non-hydrogen) atoms. The number of aromatic nitrogens is 2. The number of carbonyl (C=O) groups excluding carboxylic acids is 1. The van der Waals surface area contributed by atoms with Crippen LogP contribution in [0, 0.1) is 18.3 Å². The van der Waals surface area contributed by atoms with Gasteiger partial charge in [-0.3, -0.25) is 4.79 Å². The van der Waals surface area contributed by atoms with Gasteiger partial charge >= 0.3 is 0 Å². The highest BCUT2D eigenvalue weighted by atomic mass is 32.1. The van der Waals surface area contributed by atoms with Gasteiger partial charge in [0.05, 0.1) is 29.4 Å². The molecule has 0 atom stereocenters. The zero-order chi connectivity index (χ0) is 17.8. The predicted molar refractivity (Wildman–Crippen MR) is 98.3 cm³/mol. The van der Waals surface area contributed by atoms with Crippen molar-refractivity contribution in [2.24, 2.45) is 5.73 Å². The van der Waals surface area contributed by atoms with Crippen molar-refractivity contribution in [1.29, 1.82) is 5.26 Å². The van der Waals surface area contributed by atoms with Crippen molar-refractivity contribution in [2.75, 3.05) is 0 Å². The van der Waals surface area contributed by atoms with Gasteiger partial charge in [-0.15, -0.1) is 11.3 Å². The van der Waals surface area contributed by atoms with Crippen LogP contribution >= 0.6 is 11.3 Å². The van der Waals surface area contributed by atoms with Gasteiger partial charge in [-0.1, -0.05) is 30.3 Å². The van der Waals surface area contributed by atoms with E-state index in [0.29, 0.717) is 5.56 Å². The summed E-state index contributed by atoms with van der Waals surface area (Å²) in [4.78, 5) is 16.3. The van der Waals surface area contributed by atoms with Gasteiger partial charge < -0.3 is 10.3 Å². The van der Waals surface area contributed by atoms with Crippen molar-refractivity contribution in [2.45, 2.75) is 26.3 Å². The van der Waals surface area contributed by atoms with Crippen LogP contribution < -0.4 is 5.73 Å². The number of carbonyl (C=O) groups is 1. The van der Waals surface area contributed by atoms with Crippen molar-refractivity contribution in [1.82, 2.24) is 9.55 Å². The number of nitrogens with zero attached hydrogens (tertiary/aromatic N) is 3. The molecule has 6 heteroatoms. The molecule has 2 aromatic heterocycles. The quantitative estimate of drug-likeness (QED) is 0.740. The second-order valence-corrected chi connectivity index (χ2v) is 6.68. The Morgan fingerprint density at radius 3 is 2.80 bits per heavy atom. The molecular weight excluding hydrogens is 332 g/mol. The van der Waals surface area contributed by atoms with Crippen LogP contribution in [0.1, 0.15) is 26.6 Å². The molecule has 0 radical (unpaired) electrons. The van der Waals surface area contributed by atoms with Crippen LogP contribution in [0.2, 0.25) is 0 Å². The fourth-order valence-electron chi connectivity index (χ4n) is 2.86. The van der Waals surface area contributed by atoms with Gasteiger partial charge in [0, 0.05) is 17.6 Å². The van der Waals surface area contributed by atoms with Crippen molar-refractivity contribution in [3.05, 3.63) is 63.6 Å². The minimum absolute atomic E-state index is 0.289. The van der Waals surface area contributed by atoms with Gasteiger partial charge in [-0.05, 0) is 25.0 Å². The van der Waals surface area contributed by atoms with Crippen LogP contribution in [0.3, 0.4) is 0 Å². The first kappa shape index (κ1) is 16.9. The first-order valence-corrected chi connectivity index (χ1v) is 8.83. The molecule has 1 amide bonds. The van der Waals surface area contributed by atoms with Crippen molar-refractivity contribution in [3.63, 3.8) is 0 Å². The van der Waals surface area contributed by atoms with Gasteiger partial charge in [-0.2, -0.15) is 5.26 Å².